The molecule has 3 aliphatic rings. The number of ketones is 2. The van der Waals surface area contributed by atoms with Crippen LogP contribution in [0.25, 0.3) is 0 Å². The van der Waals surface area contributed by atoms with E-state index in [9.17, 15) is 23.6 Å². The highest BCUT2D eigenvalue weighted by molar-refractivity contribution is 6.42. The normalized spacial score (nSPS) is 24.2. The van der Waals surface area contributed by atoms with Crippen molar-refractivity contribution in [1.82, 2.24) is 0 Å². The standard InChI is InChI=1S/C26H14Cl2FNO5/c27-17-9-8-14(11-18(17)28)30-21(12-4-3-5-13(29)10-12)19-20(25(34)35-24(19)33)26(30)22(31)15-6-1-2-7-16(15)23(26)32/h1-11,19-21H/t19-,20-,21-/m0/s1. The van der Waals surface area contributed by atoms with Crippen LogP contribution in [-0.4, -0.2) is 29.0 Å². The maximum Gasteiger partial charge on any atom is 0.320 e. The zero-order valence-corrected chi connectivity index (χ0v) is 19.2. The van der Waals surface area contributed by atoms with Crippen LogP contribution in [0.1, 0.15) is 32.3 Å². The summed E-state index contributed by atoms with van der Waals surface area (Å²) in [5.41, 5.74) is -1.28. The Kier molecular flexibility index (Phi) is 4.69. The van der Waals surface area contributed by atoms with Crippen LogP contribution >= 0.6 is 23.2 Å². The van der Waals surface area contributed by atoms with Gasteiger partial charge < -0.3 is 9.64 Å². The monoisotopic (exact) mass is 509 g/mol. The summed E-state index contributed by atoms with van der Waals surface area (Å²) in [6, 6.07) is 15.1. The van der Waals surface area contributed by atoms with Crippen molar-refractivity contribution >= 4 is 52.4 Å². The number of fused-ring (bicyclic) bond motifs is 3. The lowest BCUT2D eigenvalue weighted by Crippen LogP contribution is -2.59. The van der Waals surface area contributed by atoms with Crippen molar-refractivity contribution < 1.29 is 28.3 Å². The van der Waals surface area contributed by atoms with Crippen LogP contribution in [0.15, 0.2) is 66.7 Å². The number of halogens is 3. The average molecular weight is 510 g/mol. The van der Waals surface area contributed by atoms with Gasteiger partial charge in [-0.3, -0.25) is 19.2 Å². The summed E-state index contributed by atoms with van der Waals surface area (Å²) in [5.74, 6) is -6.38. The number of hydrogen-bond donors (Lipinski definition) is 0. The molecule has 0 aromatic heterocycles. The molecule has 0 saturated carbocycles. The molecule has 2 saturated heterocycles. The average Bonchev–Trinajstić information content (AvgIpc) is 3.40. The van der Waals surface area contributed by atoms with E-state index in [1.165, 1.54) is 47.4 Å². The van der Waals surface area contributed by atoms with Crippen molar-refractivity contribution in [3.8, 4) is 0 Å². The topological polar surface area (TPSA) is 80.8 Å². The second-order valence-electron chi connectivity index (χ2n) is 8.68. The minimum Gasteiger partial charge on any atom is -0.393 e. The van der Waals surface area contributed by atoms with Gasteiger partial charge in [0, 0.05) is 16.8 Å². The van der Waals surface area contributed by atoms with Gasteiger partial charge in [-0.2, -0.15) is 0 Å². The lowest BCUT2D eigenvalue weighted by molar-refractivity contribution is -0.154. The fourth-order valence-corrected chi connectivity index (χ4v) is 6.02. The summed E-state index contributed by atoms with van der Waals surface area (Å²) in [6.45, 7) is 0. The Hall–Kier alpha value is -3.55. The summed E-state index contributed by atoms with van der Waals surface area (Å²) >= 11 is 12.4. The molecule has 0 N–H and O–H groups in total. The summed E-state index contributed by atoms with van der Waals surface area (Å²) in [6.07, 6.45) is 0. The molecule has 1 spiro atoms. The first-order valence-corrected chi connectivity index (χ1v) is 11.5. The van der Waals surface area contributed by atoms with Crippen LogP contribution in [0, 0.1) is 17.7 Å². The largest absolute Gasteiger partial charge is 0.393 e. The number of esters is 2. The molecule has 6 nitrogen and oxygen atoms in total. The highest BCUT2D eigenvalue weighted by atomic mass is 35.5. The van der Waals surface area contributed by atoms with E-state index >= 15 is 0 Å². The Morgan fingerprint density at radius 2 is 1.49 bits per heavy atom. The number of carbonyl (C=O) groups excluding carboxylic acids is 4. The third-order valence-electron chi connectivity index (χ3n) is 7.02. The van der Waals surface area contributed by atoms with Crippen molar-refractivity contribution in [2.24, 2.45) is 11.8 Å². The lowest BCUT2D eigenvalue weighted by atomic mass is 9.76. The molecule has 2 fully saturated rings. The van der Waals surface area contributed by atoms with Gasteiger partial charge in [-0.15, -0.1) is 0 Å². The van der Waals surface area contributed by atoms with Crippen LogP contribution in [0.3, 0.4) is 0 Å². The third-order valence-corrected chi connectivity index (χ3v) is 7.75. The molecule has 1 aliphatic carbocycles. The molecule has 0 radical (unpaired) electrons. The van der Waals surface area contributed by atoms with Crippen molar-refractivity contribution in [3.05, 3.63) is 99.3 Å². The van der Waals surface area contributed by atoms with E-state index in [4.69, 9.17) is 27.9 Å². The van der Waals surface area contributed by atoms with Gasteiger partial charge in [-0.05, 0) is 35.9 Å². The van der Waals surface area contributed by atoms with Crippen LogP contribution < -0.4 is 4.90 Å². The van der Waals surface area contributed by atoms with E-state index in [1.54, 1.807) is 24.3 Å². The van der Waals surface area contributed by atoms with Crippen LogP contribution in [-0.2, 0) is 14.3 Å². The van der Waals surface area contributed by atoms with Gasteiger partial charge in [0.15, 0.2) is 17.1 Å². The number of anilines is 1. The second-order valence-corrected chi connectivity index (χ2v) is 9.50. The minimum absolute atomic E-state index is 0.133. The molecule has 9 heteroatoms. The number of rotatable bonds is 2. The molecule has 35 heavy (non-hydrogen) atoms. The predicted molar refractivity (Wildman–Crippen MR) is 124 cm³/mol. The van der Waals surface area contributed by atoms with Crippen LogP contribution in [0.5, 0.6) is 0 Å². The number of carbonyl (C=O) groups is 4. The second kappa shape index (κ2) is 7.47. The maximum atomic E-state index is 14.3. The first-order valence-electron chi connectivity index (χ1n) is 10.7. The van der Waals surface area contributed by atoms with Crippen LogP contribution in [0.4, 0.5) is 10.1 Å². The highest BCUT2D eigenvalue weighted by Gasteiger charge is 2.76. The Balaban J connectivity index is 1.70. The molecule has 3 aromatic carbocycles. The van der Waals surface area contributed by atoms with E-state index in [1.807, 2.05) is 0 Å². The molecule has 2 heterocycles. The summed E-state index contributed by atoms with van der Waals surface area (Å²) in [7, 11) is 0. The molecule has 3 atom stereocenters. The van der Waals surface area contributed by atoms with Gasteiger partial charge in [-0.1, -0.05) is 59.6 Å². The Morgan fingerprint density at radius 3 is 2.11 bits per heavy atom. The molecular formula is C26H14Cl2FNO5. The van der Waals surface area contributed by atoms with Gasteiger partial charge >= 0.3 is 11.9 Å². The van der Waals surface area contributed by atoms with E-state index in [0.717, 1.165) is 0 Å². The van der Waals surface area contributed by atoms with Crippen molar-refractivity contribution in [2.45, 2.75) is 11.6 Å². The smallest absolute Gasteiger partial charge is 0.320 e. The number of benzene rings is 3. The highest BCUT2D eigenvalue weighted by Crippen LogP contribution is 2.60. The quantitative estimate of drug-likeness (QED) is 0.363. The Labute approximate surface area is 208 Å². The number of hydrogen-bond acceptors (Lipinski definition) is 6. The van der Waals surface area contributed by atoms with Gasteiger partial charge in [0.2, 0.25) is 0 Å². The Morgan fingerprint density at radius 1 is 0.800 bits per heavy atom. The van der Waals surface area contributed by atoms with Crippen molar-refractivity contribution in [3.63, 3.8) is 0 Å². The SMILES string of the molecule is O=C1OC(=O)[C@@H]2[C@H]1[C@H](c1cccc(F)c1)N(c1ccc(Cl)c(Cl)c1)C21C(=O)c2ccccc2C1=O. The third kappa shape index (κ3) is 2.76. The number of Topliss-reactive ketones (excluding diaryl/α,β-unsaturated/α-hetero) is 2. The molecule has 6 rings (SSSR count). The zero-order chi connectivity index (χ0) is 24.6. The number of nitrogens with zero attached hydrogens (tertiary/aromatic N) is 1. The molecule has 0 bridgehead atoms. The lowest BCUT2D eigenvalue weighted by Gasteiger charge is -2.39. The molecule has 0 amide bonds. The molecule has 2 aliphatic heterocycles. The maximum absolute atomic E-state index is 14.3. The molecule has 0 unspecified atom stereocenters. The van der Waals surface area contributed by atoms with Crippen LogP contribution in [0.2, 0.25) is 10.0 Å². The van der Waals surface area contributed by atoms with E-state index in [0.29, 0.717) is 5.56 Å². The number of cyclic esters (lactones) is 2. The van der Waals surface area contributed by atoms with Gasteiger partial charge in [-0.25, -0.2) is 4.39 Å². The summed E-state index contributed by atoms with van der Waals surface area (Å²) in [5, 5.41) is 0.368. The number of ether oxygens (including phenoxy) is 1. The van der Waals surface area contributed by atoms with Crippen molar-refractivity contribution in [1.29, 1.82) is 0 Å². The summed E-state index contributed by atoms with van der Waals surface area (Å²) in [4.78, 5) is 55.8. The molecular weight excluding hydrogens is 496 g/mol. The van der Waals surface area contributed by atoms with E-state index in [2.05, 4.69) is 0 Å². The first kappa shape index (κ1) is 21.9. The Bertz CT molecular complexity index is 1450. The first-order chi connectivity index (χ1) is 16.8. The summed E-state index contributed by atoms with van der Waals surface area (Å²) < 4.78 is 19.3. The predicted octanol–water partition coefficient (Wildman–Crippen LogP) is 4.83. The molecule has 3 aromatic rings. The molecule has 174 valence electrons. The zero-order valence-electron chi connectivity index (χ0n) is 17.7. The van der Waals surface area contributed by atoms with Gasteiger partial charge in [0.25, 0.3) is 0 Å². The fraction of sp³-hybridized carbons (Fsp3) is 0.154. The minimum atomic E-state index is -2.12. The van der Waals surface area contributed by atoms with Gasteiger partial charge in [0.1, 0.15) is 11.7 Å². The van der Waals surface area contributed by atoms with Gasteiger partial charge in [0.05, 0.1) is 22.0 Å². The van der Waals surface area contributed by atoms with E-state index in [-0.39, 0.29) is 26.9 Å². The van der Waals surface area contributed by atoms with E-state index < -0.39 is 52.7 Å². The fourth-order valence-electron chi connectivity index (χ4n) is 5.73. The van der Waals surface area contributed by atoms with Crippen molar-refractivity contribution in [2.75, 3.05) is 4.90 Å².